The van der Waals surface area contributed by atoms with Crippen molar-refractivity contribution >= 4 is 0 Å². The molecular weight excluding hydrogens is 248 g/mol. The Labute approximate surface area is 120 Å². The van der Waals surface area contributed by atoms with Gasteiger partial charge in [0.2, 0.25) is 0 Å². The van der Waals surface area contributed by atoms with Crippen molar-refractivity contribution < 1.29 is 4.42 Å². The first-order valence-corrected chi connectivity index (χ1v) is 7.39. The van der Waals surface area contributed by atoms with Crippen molar-refractivity contribution in [2.24, 2.45) is 0 Å². The van der Waals surface area contributed by atoms with E-state index in [9.17, 15) is 0 Å². The molecule has 1 unspecified atom stereocenters. The Morgan fingerprint density at radius 3 is 2.70 bits per heavy atom. The minimum absolute atomic E-state index is 0.227. The molecule has 1 aliphatic rings. The van der Waals surface area contributed by atoms with E-state index in [-0.39, 0.29) is 6.04 Å². The molecule has 2 aromatic rings. The van der Waals surface area contributed by atoms with Crippen LogP contribution in [0.4, 0.5) is 0 Å². The molecule has 0 amide bonds. The van der Waals surface area contributed by atoms with E-state index < -0.39 is 0 Å². The summed E-state index contributed by atoms with van der Waals surface area (Å²) in [6.45, 7) is 6.44. The number of hydrogen-bond donors (Lipinski definition) is 1. The predicted molar refractivity (Wildman–Crippen MR) is 80.8 cm³/mol. The summed E-state index contributed by atoms with van der Waals surface area (Å²) in [6, 6.07) is 13.1. The van der Waals surface area contributed by atoms with Gasteiger partial charge < -0.3 is 9.73 Å². The van der Waals surface area contributed by atoms with E-state index in [1.54, 1.807) is 6.26 Å². The van der Waals surface area contributed by atoms with Gasteiger partial charge in [-0.1, -0.05) is 29.8 Å². The van der Waals surface area contributed by atoms with Crippen LogP contribution in [0, 0.1) is 6.92 Å². The molecule has 0 bridgehead atoms. The highest BCUT2D eigenvalue weighted by Crippen LogP contribution is 2.29. The molecule has 1 fully saturated rings. The average Bonchev–Trinajstić information content (AvgIpc) is 2.85. The van der Waals surface area contributed by atoms with Crippen molar-refractivity contribution in [1.82, 2.24) is 10.2 Å². The van der Waals surface area contributed by atoms with Gasteiger partial charge in [0.05, 0.1) is 12.3 Å². The van der Waals surface area contributed by atoms with Crippen LogP contribution in [0.2, 0.25) is 0 Å². The van der Waals surface area contributed by atoms with Gasteiger partial charge in [0, 0.05) is 19.6 Å². The zero-order valence-electron chi connectivity index (χ0n) is 12.0. The molecule has 3 rings (SSSR count). The molecule has 1 aromatic carbocycles. The van der Waals surface area contributed by atoms with Crippen LogP contribution in [0.25, 0.3) is 0 Å². The Balaban J connectivity index is 1.93. The third-order valence-corrected chi connectivity index (χ3v) is 3.95. The molecule has 1 saturated heterocycles. The van der Waals surface area contributed by atoms with Gasteiger partial charge in [0.15, 0.2) is 0 Å². The zero-order valence-corrected chi connectivity index (χ0v) is 12.0. The van der Waals surface area contributed by atoms with Crippen molar-refractivity contribution in [2.75, 3.05) is 26.2 Å². The molecule has 1 aliphatic heterocycles. The third-order valence-electron chi connectivity index (χ3n) is 3.95. The lowest BCUT2D eigenvalue weighted by atomic mass is 10.0. The second-order valence-corrected chi connectivity index (χ2v) is 5.47. The summed E-state index contributed by atoms with van der Waals surface area (Å²) in [4.78, 5) is 2.52. The third kappa shape index (κ3) is 2.94. The van der Waals surface area contributed by atoms with Crippen molar-refractivity contribution in [2.45, 2.75) is 19.4 Å². The molecule has 1 N–H and O–H groups in total. The van der Waals surface area contributed by atoms with Gasteiger partial charge in [-0.25, -0.2) is 0 Å². The molecule has 1 aromatic heterocycles. The van der Waals surface area contributed by atoms with E-state index in [1.165, 1.54) is 17.5 Å². The Hall–Kier alpha value is -1.58. The standard InChI is InChI=1S/C17H22N2O/c1-14-5-7-15(8-6-14)17(16-4-2-13-20-16)19-11-3-9-18-10-12-19/h2,4-8,13,17-18H,3,9-12H2,1H3. The highest BCUT2D eigenvalue weighted by atomic mass is 16.3. The summed E-state index contributed by atoms with van der Waals surface area (Å²) in [5.41, 5.74) is 2.61. The van der Waals surface area contributed by atoms with Gasteiger partial charge >= 0.3 is 0 Å². The fourth-order valence-corrected chi connectivity index (χ4v) is 2.88. The highest BCUT2D eigenvalue weighted by molar-refractivity contribution is 5.29. The van der Waals surface area contributed by atoms with E-state index in [1.807, 2.05) is 6.07 Å². The summed E-state index contributed by atoms with van der Waals surface area (Å²) < 4.78 is 5.71. The van der Waals surface area contributed by atoms with Crippen LogP contribution in [0.15, 0.2) is 47.1 Å². The van der Waals surface area contributed by atoms with Crippen LogP contribution in [0.3, 0.4) is 0 Å². The van der Waals surface area contributed by atoms with Crippen molar-refractivity contribution in [3.05, 3.63) is 59.5 Å². The first kappa shape index (κ1) is 13.4. The van der Waals surface area contributed by atoms with Crippen LogP contribution in [-0.4, -0.2) is 31.1 Å². The molecule has 3 heteroatoms. The van der Waals surface area contributed by atoms with Crippen molar-refractivity contribution in [3.63, 3.8) is 0 Å². The molecule has 0 aliphatic carbocycles. The largest absolute Gasteiger partial charge is 0.467 e. The summed E-state index contributed by atoms with van der Waals surface area (Å²) in [5, 5.41) is 3.47. The number of furan rings is 1. The molecule has 20 heavy (non-hydrogen) atoms. The van der Waals surface area contributed by atoms with Crippen LogP contribution < -0.4 is 5.32 Å². The van der Waals surface area contributed by atoms with Crippen LogP contribution in [0.1, 0.15) is 29.3 Å². The Morgan fingerprint density at radius 1 is 1.10 bits per heavy atom. The van der Waals surface area contributed by atoms with Gasteiger partial charge in [-0.05, 0) is 37.6 Å². The van der Waals surface area contributed by atoms with Crippen LogP contribution >= 0.6 is 0 Å². The smallest absolute Gasteiger partial charge is 0.125 e. The van der Waals surface area contributed by atoms with Gasteiger partial charge in [0.1, 0.15) is 5.76 Å². The van der Waals surface area contributed by atoms with E-state index in [4.69, 9.17) is 4.42 Å². The highest BCUT2D eigenvalue weighted by Gasteiger charge is 2.25. The summed E-state index contributed by atoms with van der Waals surface area (Å²) in [6.07, 6.45) is 2.95. The molecule has 2 heterocycles. The van der Waals surface area contributed by atoms with Crippen molar-refractivity contribution in [3.8, 4) is 0 Å². The number of hydrogen-bond acceptors (Lipinski definition) is 3. The zero-order chi connectivity index (χ0) is 13.8. The quantitative estimate of drug-likeness (QED) is 0.929. The fraction of sp³-hybridized carbons (Fsp3) is 0.412. The lowest BCUT2D eigenvalue weighted by molar-refractivity contribution is 0.216. The second-order valence-electron chi connectivity index (χ2n) is 5.47. The van der Waals surface area contributed by atoms with E-state index in [0.29, 0.717) is 0 Å². The second kappa shape index (κ2) is 6.25. The first-order valence-electron chi connectivity index (χ1n) is 7.39. The monoisotopic (exact) mass is 270 g/mol. The summed E-state index contributed by atoms with van der Waals surface area (Å²) in [7, 11) is 0. The van der Waals surface area contributed by atoms with Gasteiger partial charge in [-0.15, -0.1) is 0 Å². The lowest BCUT2D eigenvalue weighted by Crippen LogP contribution is -2.32. The molecule has 3 nitrogen and oxygen atoms in total. The maximum absolute atomic E-state index is 5.71. The minimum Gasteiger partial charge on any atom is -0.467 e. The molecular formula is C17H22N2O. The topological polar surface area (TPSA) is 28.4 Å². The Kier molecular flexibility index (Phi) is 4.19. The van der Waals surface area contributed by atoms with Crippen LogP contribution in [-0.2, 0) is 0 Å². The molecule has 106 valence electrons. The number of nitrogens with zero attached hydrogens (tertiary/aromatic N) is 1. The molecule has 0 spiro atoms. The predicted octanol–water partition coefficient (Wildman–Crippen LogP) is 2.97. The Morgan fingerprint density at radius 2 is 1.95 bits per heavy atom. The molecule has 0 saturated carbocycles. The Bertz CT molecular complexity index is 510. The maximum Gasteiger partial charge on any atom is 0.125 e. The summed E-state index contributed by atoms with van der Waals surface area (Å²) >= 11 is 0. The van der Waals surface area contributed by atoms with Crippen LogP contribution in [0.5, 0.6) is 0 Å². The molecule has 1 atom stereocenters. The number of benzene rings is 1. The number of rotatable bonds is 3. The maximum atomic E-state index is 5.71. The average molecular weight is 270 g/mol. The lowest BCUT2D eigenvalue weighted by Gasteiger charge is -2.29. The fourth-order valence-electron chi connectivity index (χ4n) is 2.88. The number of nitrogens with one attached hydrogen (secondary N) is 1. The van der Waals surface area contributed by atoms with Crippen molar-refractivity contribution in [1.29, 1.82) is 0 Å². The minimum atomic E-state index is 0.227. The normalized spacial score (nSPS) is 18.6. The van der Waals surface area contributed by atoms with Gasteiger partial charge in [-0.2, -0.15) is 0 Å². The first-order chi connectivity index (χ1) is 9.84. The van der Waals surface area contributed by atoms with E-state index in [0.717, 1.165) is 31.9 Å². The molecule has 0 radical (unpaired) electrons. The van der Waals surface area contributed by atoms with E-state index >= 15 is 0 Å². The van der Waals surface area contributed by atoms with Gasteiger partial charge in [-0.3, -0.25) is 4.90 Å². The SMILES string of the molecule is Cc1ccc(C(c2ccco2)N2CCCNCC2)cc1. The van der Waals surface area contributed by atoms with Gasteiger partial charge in [0.25, 0.3) is 0 Å². The summed E-state index contributed by atoms with van der Waals surface area (Å²) in [5.74, 6) is 1.04. The number of aryl methyl sites for hydroxylation is 1. The van der Waals surface area contributed by atoms with E-state index in [2.05, 4.69) is 47.5 Å².